The minimum absolute atomic E-state index is 0.0170. The van der Waals surface area contributed by atoms with E-state index in [1.165, 1.54) is 18.2 Å². The summed E-state index contributed by atoms with van der Waals surface area (Å²) in [5.41, 5.74) is 1.21. The van der Waals surface area contributed by atoms with Gasteiger partial charge in [0.1, 0.15) is 0 Å². The summed E-state index contributed by atoms with van der Waals surface area (Å²) < 4.78 is 0. The predicted octanol–water partition coefficient (Wildman–Crippen LogP) is 1.53. The third-order valence-electron chi connectivity index (χ3n) is 1.88. The lowest BCUT2D eigenvalue weighted by Gasteiger charge is -2.01. The van der Waals surface area contributed by atoms with Gasteiger partial charge < -0.3 is 5.11 Å². The molecule has 0 unspecified atom stereocenters. The zero-order chi connectivity index (χ0) is 10.7. The summed E-state index contributed by atoms with van der Waals surface area (Å²) in [6, 6.07) is 4.16. The molecule has 0 radical (unpaired) electrons. The van der Waals surface area contributed by atoms with E-state index in [1.54, 1.807) is 6.92 Å². The van der Waals surface area contributed by atoms with Crippen LogP contribution in [0.3, 0.4) is 0 Å². The Bertz CT molecular complexity index is 386. The van der Waals surface area contributed by atoms with Crippen molar-refractivity contribution < 1.29 is 14.8 Å². The molecule has 0 bridgehead atoms. The molecule has 1 aromatic rings. The van der Waals surface area contributed by atoms with E-state index in [0.29, 0.717) is 11.1 Å². The molecule has 0 atom stereocenters. The van der Waals surface area contributed by atoms with E-state index in [4.69, 9.17) is 5.11 Å². The largest absolute Gasteiger partial charge is 0.481 e. The van der Waals surface area contributed by atoms with E-state index in [2.05, 4.69) is 0 Å². The molecule has 0 aliphatic rings. The van der Waals surface area contributed by atoms with E-state index in [0.717, 1.165) is 0 Å². The van der Waals surface area contributed by atoms with Gasteiger partial charge in [-0.2, -0.15) is 0 Å². The first-order valence-electron chi connectivity index (χ1n) is 3.96. The highest BCUT2D eigenvalue weighted by molar-refractivity contribution is 5.71. The summed E-state index contributed by atoms with van der Waals surface area (Å²) in [4.78, 5) is 20.3. The standard InChI is InChI=1S/C9H9NO4/c1-6-4-8(10(13)14)3-2-7(6)5-9(11)12/h2-4H,5H2,1H3,(H,11,12). The second-order valence-electron chi connectivity index (χ2n) is 2.94. The van der Waals surface area contributed by atoms with Crippen molar-refractivity contribution in [3.8, 4) is 0 Å². The number of carbonyl (C=O) groups is 1. The fourth-order valence-electron chi connectivity index (χ4n) is 1.15. The molecular weight excluding hydrogens is 186 g/mol. The number of hydrogen-bond donors (Lipinski definition) is 1. The third-order valence-corrected chi connectivity index (χ3v) is 1.88. The van der Waals surface area contributed by atoms with Crippen LogP contribution in [0, 0.1) is 17.0 Å². The van der Waals surface area contributed by atoms with Crippen molar-refractivity contribution >= 4 is 11.7 Å². The topological polar surface area (TPSA) is 80.4 Å². The molecule has 1 rings (SSSR count). The van der Waals surface area contributed by atoms with Crippen LogP contribution in [0.4, 0.5) is 5.69 Å². The van der Waals surface area contributed by atoms with Gasteiger partial charge in [0.25, 0.3) is 5.69 Å². The van der Waals surface area contributed by atoms with Gasteiger partial charge in [-0.15, -0.1) is 0 Å². The molecule has 0 aromatic heterocycles. The van der Waals surface area contributed by atoms with Crippen molar-refractivity contribution in [2.75, 3.05) is 0 Å². The molecular formula is C9H9NO4. The molecule has 1 aromatic carbocycles. The van der Waals surface area contributed by atoms with Crippen LogP contribution in [0.5, 0.6) is 0 Å². The van der Waals surface area contributed by atoms with E-state index in [1.807, 2.05) is 0 Å². The smallest absolute Gasteiger partial charge is 0.307 e. The van der Waals surface area contributed by atoms with Gasteiger partial charge in [0.15, 0.2) is 0 Å². The first-order valence-corrected chi connectivity index (χ1v) is 3.96. The average molecular weight is 195 g/mol. The van der Waals surface area contributed by atoms with Crippen LogP contribution >= 0.6 is 0 Å². The Hall–Kier alpha value is -1.91. The molecule has 0 saturated carbocycles. The second-order valence-corrected chi connectivity index (χ2v) is 2.94. The number of non-ortho nitro benzene ring substituents is 1. The number of aliphatic carboxylic acids is 1. The van der Waals surface area contributed by atoms with E-state index >= 15 is 0 Å². The van der Waals surface area contributed by atoms with Crippen molar-refractivity contribution in [1.29, 1.82) is 0 Å². The number of nitro groups is 1. The maximum Gasteiger partial charge on any atom is 0.307 e. The monoisotopic (exact) mass is 195 g/mol. The molecule has 0 saturated heterocycles. The van der Waals surface area contributed by atoms with Crippen LogP contribution in [-0.2, 0) is 11.2 Å². The molecule has 0 amide bonds. The molecule has 0 aliphatic carbocycles. The Morgan fingerprint density at radius 1 is 1.57 bits per heavy atom. The van der Waals surface area contributed by atoms with Crippen molar-refractivity contribution in [3.05, 3.63) is 39.4 Å². The number of nitrogens with zero attached hydrogens (tertiary/aromatic N) is 1. The van der Waals surface area contributed by atoms with Gasteiger partial charge in [0.2, 0.25) is 0 Å². The number of benzene rings is 1. The van der Waals surface area contributed by atoms with Crippen LogP contribution in [0.1, 0.15) is 11.1 Å². The summed E-state index contributed by atoms with van der Waals surface area (Å²) in [5.74, 6) is -0.943. The third kappa shape index (κ3) is 2.29. The maximum atomic E-state index is 10.4. The SMILES string of the molecule is Cc1cc([N+](=O)[O-])ccc1CC(=O)O. The van der Waals surface area contributed by atoms with Crippen LogP contribution in [0.2, 0.25) is 0 Å². The van der Waals surface area contributed by atoms with Crippen LogP contribution in [0.25, 0.3) is 0 Å². The quantitative estimate of drug-likeness (QED) is 0.585. The molecule has 5 heteroatoms. The normalized spacial score (nSPS) is 9.79. The Morgan fingerprint density at radius 3 is 2.64 bits per heavy atom. The highest BCUT2D eigenvalue weighted by Gasteiger charge is 2.09. The highest BCUT2D eigenvalue weighted by atomic mass is 16.6. The number of rotatable bonds is 3. The van der Waals surface area contributed by atoms with Gasteiger partial charge in [-0.25, -0.2) is 0 Å². The van der Waals surface area contributed by atoms with Crippen molar-refractivity contribution in [2.24, 2.45) is 0 Å². The summed E-state index contributed by atoms with van der Waals surface area (Å²) in [6.45, 7) is 1.66. The molecule has 74 valence electrons. The fraction of sp³-hybridized carbons (Fsp3) is 0.222. The lowest BCUT2D eigenvalue weighted by molar-refractivity contribution is -0.384. The van der Waals surface area contributed by atoms with Crippen LogP contribution in [0.15, 0.2) is 18.2 Å². The first-order chi connectivity index (χ1) is 6.50. The van der Waals surface area contributed by atoms with Crippen LogP contribution < -0.4 is 0 Å². The molecule has 0 spiro atoms. The van der Waals surface area contributed by atoms with Gasteiger partial charge in [0.05, 0.1) is 11.3 Å². The Morgan fingerprint density at radius 2 is 2.21 bits per heavy atom. The summed E-state index contributed by atoms with van der Waals surface area (Å²) in [7, 11) is 0. The van der Waals surface area contributed by atoms with Gasteiger partial charge in [-0.05, 0) is 18.1 Å². The number of carboxylic acids is 1. The molecule has 0 fully saturated rings. The minimum atomic E-state index is -0.943. The lowest BCUT2D eigenvalue weighted by Crippen LogP contribution is -2.02. The van der Waals surface area contributed by atoms with Crippen LogP contribution in [-0.4, -0.2) is 16.0 Å². The van der Waals surface area contributed by atoms with E-state index < -0.39 is 10.9 Å². The predicted molar refractivity (Wildman–Crippen MR) is 49.2 cm³/mol. The number of nitro benzene ring substituents is 1. The van der Waals surface area contributed by atoms with Gasteiger partial charge in [0, 0.05) is 12.1 Å². The van der Waals surface area contributed by atoms with E-state index in [9.17, 15) is 14.9 Å². The number of hydrogen-bond acceptors (Lipinski definition) is 3. The Kier molecular flexibility index (Phi) is 2.81. The average Bonchev–Trinajstić information content (AvgIpc) is 2.07. The first kappa shape index (κ1) is 10.2. The Balaban J connectivity index is 3.01. The zero-order valence-corrected chi connectivity index (χ0v) is 7.56. The molecule has 1 N–H and O–H groups in total. The molecule has 5 nitrogen and oxygen atoms in total. The van der Waals surface area contributed by atoms with Gasteiger partial charge in [-0.3, -0.25) is 14.9 Å². The minimum Gasteiger partial charge on any atom is -0.481 e. The maximum absolute atomic E-state index is 10.4. The highest BCUT2D eigenvalue weighted by Crippen LogP contribution is 2.17. The van der Waals surface area contributed by atoms with E-state index in [-0.39, 0.29) is 12.1 Å². The van der Waals surface area contributed by atoms with Gasteiger partial charge >= 0.3 is 5.97 Å². The molecule has 14 heavy (non-hydrogen) atoms. The zero-order valence-electron chi connectivity index (χ0n) is 7.56. The summed E-state index contributed by atoms with van der Waals surface area (Å²) in [5, 5.41) is 18.9. The summed E-state index contributed by atoms with van der Waals surface area (Å²) >= 11 is 0. The summed E-state index contributed by atoms with van der Waals surface area (Å²) in [6.07, 6.45) is -0.107. The van der Waals surface area contributed by atoms with Crippen molar-refractivity contribution in [3.63, 3.8) is 0 Å². The van der Waals surface area contributed by atoms with Crippen molar-refractivity contribution in [1.82, 2.24) is 0 Å². The number of aryl methyl sites for hydroxylation is 1. The Labute approximate surface area is 80.1 Å². The van der Waals surface area contributed by atoms with Crippen molar-refractivity contribution in [2.45, 2.75) is 13.3 Å². The number of carboxylic acid groups (broad SMARTS) is 1. The second kappa shape index (κ2) is 3.87. The molecule has 0 aliphatic heterocycles. The lowest BCUT2D eigenvalue weighted by atomic mass is 10.1. The fourth-order valence-corrected chi connectivity index (χ4v) is 1.15. The molecule has 0 heterocycles. The van der Waals surface area contributed by atoms with Gasteiger partial charge in [-0.1, -0.05) is 6.07 Å².